The van der Waals surface area contributed by atoms with E-state index in [1.807, 2.05) is 0 Å². The maximum atomic E-state index is 5.50. The van der Waals surface area contributed by atoms with Gasteiger partial charge in [-0.05, 0) is 25.2 Å². The maximum absolute atomic E-state index is 5.50. The second kappa shape index (κ2) is 2.70. The number of rotatable bonds is 0. The number of hydrogen-bond acceptors (Lipinski definition) is 1. The van der Waals surface area contributed by atoms with Crippen LogP contribution in [0.2, 0.25) is 0 Å². The monoisotopic (exact) mass is 128 g/mol. The Kier molecular flexibility index (Phi) is 2.12. The Morgan fingerprint density at radius 1 is 1.22 bits per heavy atom. The molecule has 54 valence electrons. The average molecular weight is 128 g/mol. The van der Waals surface area contributed by atoms with Gasteiger partial charge in [0.1, 0.15) is 0 Å². The van der Waals surface area contributed by atoms with E-state index in [1.54, 1.807) is 0 Å². The molecule has 0 aromatic carbocycles. The molecule has 3 atom stereocenters. The zero-order valence-corrected chi connectivity index (χ0v) is 6.55. The summed E-state index contributed by atoms with van der Waals surface area (Å²) in [6, 6.07) is 0. The molecule has 9 heavy (non-hydrogen) atoms. The Morgan fingerprint density at radius 3 is 2.33 bits per heavy atom. The van der Waals surface area contributed by atoms with Crippen molar-refractivity contribution >= 4 is 0 Å². The molecule has 0 aromatic heterocycles. The van der Waals surface area contributed by atoms with E-state index in [9.17, 15) is 0 Å². The first kappa shape index (κ1) is 7.07. The maximum Gasteiger partial charge on any atom is 0.0572 e. The van der Waals surface area contributed by atoms with Crippen molar-refractivity contribution in [2.45, 2.75) is 33.3 Å². The van der Waals surface area contributed by atoms with Crippen molar-refractivity contribution in [2.75, 3.05) is 6.61 Å². The molecule has 1 aliphatic rings. The zero-order valence-electron chi connectivity index (χ0n) is 6.55. The van der Waals surface area contributed by atoms with Gasteiger partial charge in [-0.3, -0.25) is 0 Å². The average Bonchev–Trinajstić information content (AvgIpc) is 1.80. The molecule has 0 radical (unpaired) electrons. The van der Waals surface area contributed by atoms with E-state index >= 15 is 0 Å². The van der Waals surface area contributed by atoms with Crippen LogP contribution < -0.4 is 0 Å². The van der Waals surface area contributed by atoms with Crippen LogP contribution in [0, 0.1) is 11.8 Å². The Hall–Kier alpha value is -0.0400. The lowest BCUT2D eigenvalue weighted by Crippen LogP contribution is -2.29. The van der Waals surface area contributed by atoms with E-state index < -0.39 is 0 Å². The minimum atomic E-state index is 0.487. The van der Waals surface area contributed by atoms with Gasteiger partial charge < -0.3 is 4.74 Å². The van der Waals surface area contributed by atoms with Crippen LogP contribution in [-0.2, 0) is 4.74 Å². The van der Waals surface area contributed by atoms with E-state index in [0.717, 1.165) is 18.4 Å². The summed E-state index contributed by atoms with van der Waals surface area (Å²) in [4.78, 5) is 0. The summed E-state index contributed by atoms with van der Waals surface area (Å²) >= 11 is 0. The highest BCUT2D eigenvalue weighted by Gasteiger charge is 2.21. The minimum Gasteiger partial charge on any atom is -0.378 e. The van der Waals surface area contributed by atoms with E-state index in [4.69, 9.17) is 4.74 Å². The molecule has 0 saturated carbocycles. The molecule has 0 amide bonds. The SMILES string of the molecule is CC1COC(C)C(C)C1. The topological polar surface area (TPSA) is 9.23 Å². The summed E-state index contributed by atoms with van der Waals surface area (Å²) in [6.07, 6.45) is 1.82. The molecule has 0 bridgehead atoms. The van der Waals surface area contributed by atoms with Crippen molar-refractivity contribution in [3.63, 3.8) is 0 Å². The molecule has 1 nitrogen and oxygen atoms in total. The lowest BCUT2D eigenvalue weighted by Gasteiger charge is -2.30. The Bertz CT molecular complexity index is 90.6. The highest BCUT2D eigenvalue weighted by atomic mass is 16.5. The summed E-state index contributed by atoms with van der Waals surface area (Å²) in [5.41, 5.74) is 0. The molecule has 3 unspecified atom stereocenters. The molecule has 1 heteroatoms. The standard InChI is InChI=1S/C8H16O/c1-6-4-7(2)8(3)9-5-6/h6-8H,4-5H2,1-3H3. The van der Waals surface area contributed by atoms with Crippen LogP contribution in [-0.4, -0.2) is 12.7 Å². The normalized spacial score (nSPS) is 45.0. The molecule has 0 spiro atoms. The van der Waals surface area contributed by atoms with Gasteiger partial charge in [0.25, 0.3) is 0 Å². The molecule has 1 saturated heterocycles. The van der Waals surface area contributed by atoms with Gasteiger partial charge in [-0.25, -0.2) is 0 Å². The highest BCUT2D eigenvalue weighted by Crippen LogP contribution is 2.23. The quantitative estimate of drug-likeness (QED) is 0.485. The van der Waals surface area contributed by atoms with E-state index in [2.05, 4.69) is 20.8 Å². The summed E-state index contributed by atoms with van der Waals surface area (Å²) < 4.78 is 5.50. The van der Waals surface area contributed by atoms with E-state index in [1.165, 1.54) is 6.42 Å². The minimum absolute atomic E-state index is 0.487. The van der Waals surface area contributed by atoms with Gasteiger partial charge in [-0.2, -0.15) is 0 Å². The van der Waals surface area contributed by atoms with Gasteiger partial charge in [-0.1, -0.05) is 13.8 Å². The predicted octanol–water partition coefficient (Wildman–Crippen LogP) is 2.07. The van der Waals surface area contributed by atoms with Crippen molar-refractivity contribution in [3.05, 3.63) is 0 Å². The van der Waals surface area contributed by atoms with Crippen molar-refractivity contribution in [3.8, 4) is 0 Å². The molecule has 0 N–H and O–H groups in total. The van der Waals surface area contributed by atoms with E-state index in [-0.39, 0.29) is 0 Å². The Labute approximate surface area is 57.4 Å². The van der Waals surface area contributed by atoms with Crippen LogP contribution in [0.15, 0.2) is 0 Å². The number of ether oxygens (including phenoxy) is 1. The molecule has 1 fully saturated rings. The van der Waals surface area contributed by atoms with Crippen LogP contribution in [0.5, 0.6) is 0 Å². The number of hydrogen-bond donors (Lipinski definition) is 0. The predicted molar refractivity (Wildman–Crippen MR) is 38.4 cm³/mol. The fourth-order valence-corrected chi connectivity index (χ4v) is 1.37. The van der Waals surface area contributed by atoms with Crippen LogP contribution in [0.4, 0.5) is 0 Å². The Balaban J connectivity index is 2.35. The molecule has 1 heterocycles. The van der Waals surface area contributed by atoms with Gasteiger partial charge in [0.15, 0.2) is 0 Å². The van der Waals surface area contributed by atoms with Gasteiger partial charge in [-0.15, -0.1) is 0 Å². The Morgan fingerprint density at radius 2 is 1.89 bits per heavy atom. The van der Waals surface area contributed by atoms with Crippen molar-refractivity contribution in [1.29, 1.82) is 0 Å². The second-order valence-corrected chi connectivity index (χ2v) is 3.36. The van der Waals surface area contributed by atoms with Crippen LogP contribution in [0.25, 0.3) is 0 Å². The molecule has 1 rings (SSSR count). The van der Waals surface area contributed by atoms with Crippen molar-refractivity contribution in [1.82, 2.24) is 0 Å². The van der Waals surface area contributed by atoms with Gasteiger partial charge in [0.2, 0.25) is 0 Å². The smallest absolute Gasteiger partial charge is 0.0572 e. The lowest BCUT2D eigenvalue weighted by molar-refractivity contribution is -0.0351. The lowest BCUT2D eigenvalue weighted by atomic mass is 9.91. The summed E-state index contributed by atoms with van der Waals surface area (Å²) in [5, 5.41) is 0. The fraction of sp³-hybridized carbons (Fsp3) is 1.00. The van der Waals surface area contributed by atoms with Crippen LogP contribution >= 0.6 is 0 Å². The van der Waals surface area contributed by atoms with Crippen LogP contribution in [0.1, 0.15) is 27.2 Å². The highest BCUT2D eigenvalue weighted by molar-refractivity contribution is 4.70. The summed E-state index contributed by atoms with van der Waals surface area (Å²) in [7, 11) is 0. The first-order valence-electron chi connectivity index (χ1n) is 3.81. The largest absolute Gasteiger partial charge is 0.378 e. The van der Waals surface area contributed by atoms with Gasteiger partial charge in [0.05, 0.1) is 6.10 Å². The first-order valence-corrected chi connectivity index (χ1v) is 3.81. The second-order valence-electron chi connectivity index (χ2n) is 3.36. The summed E-state index contributed by atoms with van der Waals surface area (Å²) in [6.45, 7) is 7.64. The van der Waals surface area contributed by atoms with Gasteiger partial charge >= 0.3 is 0 Å². The van der Waals surface area contributed by atoms with E-state index in [0.29, 0.717) is 6.10 Å². The molecular formula is C8H16O. The third-order valence-electron chi connectivity index (χ3n) is 2.22. The third kappa shape index (κ3) is 1.68. The fourth-order valence-electron chi connectivity index (χ4n) is 1.37. The van der Waals surface area contributed by atoms with Gasteiger partial charge in [0, 0.05) is 6.61 Å². The zero-order chi connectivity index (χ0) is 6.85. The molecule has 0 aliphatic carbocycles. The first-order chi connectivity index (χ1) is 4.20. The van der Waals surface area contributed by atoms with Crippen LogP contribution in [0.3, 0.4) is 0 Å². The third-order valence-corrected chi connectivity index (χ3v) is 2.22. The van der Waals surface area contributed by atoms with Crippen molar-refractivity contribution in [2.24, 2.45) is 11.8 Å². The molecule has 1 aliphatic heterocycles. The molecule has 0 aromatic rings. The van der Waals surface area contributed by atoms with Crippen molar-refractivity contribution < 1.29 is 4.74 Å². The molecular weight excluding hydrogens is 112 g/mol. The summed E-state index contributed by atoms with van der Waals surface area (Å²) in [5.74, 6) is 1.53.